The van der Waals surface area contributed by atoms with Gasteiger partial charge in [-0.15, -0.1) is 0 Å². The Labute approximate surface area is 259 Å². The van der Waals surface area contributed by atoms with Gasteiger partial charge in [0.25, 0.3) is 5.91 Å². The summed E-state index contributed by atoms with van der Waals surface area (Å²) in [6.07, 6.45) is 13.7. The zero-order valence-electron chi connectivity index (χ0n) is 23.4. The molecule has 2 N–H and O–H groups in total. The van der Waals surface area contributed by atoms with Gasteiger partial charge >= 0.3 is 24.8 Å². The summed E-state index contributed by atoms with van der Waals surface area (Å²) in [6, 6.07) is 12.5. The van der Waals surface area contributed by atoms with Gasteiger partial charge in [-0.1, -0.05) is 62.4 Å². The number of amides is 1. The number of hydrogen-bond donors (Lipinski definition) is 2. The van der Waals surface area contributed by atoms with Gasteiger partial charge in [0.2, 0.25) is 0 Å². The maximum atomic E-state index is 13.5. The van der Waals surface area contributed by atoms with Crippen molar-refractivity contribution in [1.82, 2.24) is 10.3 Å². The van der Waals surface area contributed by atoms with Gasteiger partial charge in [-0.05, 0) is 78.5 Å². The van der Waals surface area contributed by atoms with Gasteiger partial charge in [-0.25, -0.2) is 9.78 Å². The number of rotatable bonds is 14. The number of aliphatic carboxylic acids is 1. The Morgan fingerprint density at radius 3 is 2.61 bits per heavy atom. The van der Waals surface area contributed by atoms with Crippen LogP contribution < -0.4 is 5.32 Å². The molecule has 1 aliphatic rings. The molecule has 41 heavy (non-hydrogen) atoms. The van der Waals surface area contributed by atoms with Gasteiger partial charge in [0, 0.05) is 12.2 Å². The molecule has 1 aliphatic carbocycles. The summed E-state index contributed by atoms with van der Waals surface area (Å²) in [4.78, 5) is 29.4. The van der Waals surface area contributed by atoms with E-state index in [-0.39, 0.29) is 18.9 Å². The number of hydrogen-bond acceptors (Lipinski definition) is 6. The van der Waals surface area contributed by atoms with E-state index in [2.05, 4.69) is 10.3 Å². The van der Waals surface area contributed by atoms with Crippen LogP contribution in [0, 0.1) is 12.8 Å². The van der Waals surface area contributed by atoms with Crippen molar-refractivity contribution in [3.8, 4) is 11.1 Å². The van der Waals surface area contributed by atoms with E-state index in [9.17, 15) is 14.7 Å². The molecule has 2 atom stereocenters. The second-order valence-electron chi connectivity index (χ2n) is 10.6. The van der Waals surface area contributed by atoms with Crippen molar-refractivity contribution in [3.05, 3.63) is 77.5 Å². The summed E-state index contributed by atoms with van der Waals surface area (Å²) in [5.41, 5.74) is 3.90. The minimum atomic E-state index is -1.04. The fourth-order valence-electron chi connectivity index (χ4n) is 5.50. The van der Waals surface area contributed by atoms with E-state index < -0.39 is 24.0 Å². The van der Waals surface area contributed by atoms with E-state index in [1.165, 1.54) is 38.5 Å². The zero-order valence-corrected chi connectivity index (χ0v) is 24.3. The van der Waals surface area contributed by atoms with Crippen LogP contribution >= 0.6 is 11.8 Å². The Morgan fingerprint density at radius 1 is 1.15 bits per heavy atom. The molecule has 1 heterocycles. The van der Waals surface area contributed by atoms with Crippen molar-refractivity contribution in [2.24, 2.45) is 5.92 Å². The molecule has 2 unspecified atom stereocenters. The minimum absolute atomic E-state index is 0. The number of aryl methyl sites for hydroxylation is 1. The number of oxazole rings is 1. The van der Waals surface area contributed by atoms with Gasteiger partial charge in [0.15, 0.2) is 12.2 Å². The van der Waals surface area contributed by atoms with Gasteiger partial charge in [0.1, 0.15) is 12.1 Å². The maximum absolute atomic E-state index is 13.5. The standard InChI is InChI=1S/C32H40N2O5S.Li.H/c1-22-9-6-7-13-25(22)27-19-24(14-15-26(27)31(35)34-28(32(36)37)16-18-40-2)30(29-20-33-21-39-29)38-17-8-12-23-10-4-3-5-11-23;;/h6-7,9,13-15,19-21,23,28,30H,3-5,8,10-12,16-18H2,1-2H3,(H,34,35)(H,36,37);;. The molecule has 0 radical (unpaired) electrons. The van der Waals surface area contributed by atoms with Crippen LogP contribution in [0.3, 0.4) is 0 Å². The first-order valence-electron chi connectivity index (χ1n) is 14.2. The molecule has 0 saturated heterocycles. The molecule has 0 bridgehead atoms. The number of carbonyl (C=O) groups excluding carboxylic acids is 1. The monoisotopic (exact) mass is 572 g/mol. The molecule has 7 nitrogen and oxygen atoms in total. The topological polar surface area (TPSA) is 102 Å². The third-order valence-electron chi connectivity index (χ3n) is 7.72. The normalized spacial score (nSPS) is 15.1. The Hall–Kier alpha value is -2.50. The van der Waals surface area contributed by atoms with Crippen molar-refractivity contribution in [2.45, 2.75) is 70.4 Å². The molecule has 4 rings (SSSR count). The van der Waals surface area contributed by atoms with Crippen molar-refractivity contribution in [1.29, 1.82) is 0 Å². The molecule has 2 aromatic carbocycles. The number of nitrogens with zero attached hydrogens (tertiary/aromatic N) is 1. The van der Waals surface area contributed by atoms with Crippen LogP contribution in [0.15, 0.2) is 59.5 Å². The van der Waals surface area contributed by atoms with E-state index in [0.29, 0.717) is 30.1 Å². The average Bonchev–Trinajstić information content (AvgIpc) is 3.50. The Balaban J connectivity index is 0.00000462. The summed E-state index contributed by atoms with van der Waals surface area (Å²) < 4.78 is 12.1. The van der Waals surface area contributed by atoms with Crippen LogP contribution in [0.5, 0.6) is 0 Å². The van der Waals surface area contributed by atoms with Gasteiger partial charge < -0.3 is 19.6 Å². The SMILES string of the molecule is CSCCC(NC(=O)c1ccc(C(OCCCC2CCCCC2)c2cnco2)cc1-c1ccccc1C)C(=O)O.[LiH]. The quantitative estimate of drug-likeness (QED) is 0.170. The molecule has 3 aromatic rings. The number of carbonyl (C=O) groups is 2. The van der Waals surface area contributed by atoms with E-state index in [4.69, 9.17) is 9.15 Å². The predicted molar refractivity (Wildman–Crippen MR) is 166 cm³/mol. The number of thioether (sulfide) groups is 1. The van der Waals surface area contributed by atoms with Crippen LogP contribution in [-0.4, -0.2) is 65.5 Å². The van der Waals surface area contributed by atoms with Gasteiger partial charge in [0.05, 0.1) is 6.20 Å². The number of nitrogens with one attached hydrogen (secondary N) is 1. The molecule has 0 spiro atoms. The summed E-state index contributed by atoms with van der Waals surface area (Å²) >= 11 is 1.55. The first-order chi connectivity index (χ1) is 19.5. The zero-order chi connectivity index (χ0) is 28.3. The second-order valence-corrected chi connectivity index (χ2v) is 11.6. The molecule has 1 amide bonds. The first-order valence-corrected chi connectivity index (χ1v) is 15.6. The Bertz CT molecular complexity index is 1250. The third kappa shape index (κ3) is 9.24. The molecule has 1 saturated carbocycles. The number of ether oxygens (including phenoxy) is 1. The van der Waals surface area contributed by atoms with Crippen molar-refractivity contribution >= 4 is 42.5 Å². The number of carboxylic acid groups (broad SMARTS) is 1. The summed E-state index contributed by atoms with van der Waals surface area (Å²) in [5, 5.41) is 12.4. The molecular weight excluding hydrogens is 531 g/mol. The summed E-state index contributed by atoms with van der Waals surface area (Å²) in [7, 11) is 0. The molecular formula is C32H41LiN2O5S. The number of aromatic nitrogens is 1. The van der Waals surface area contributed by atoms with Crippen molar-refractivity contribution < 1.29 is 23.8 Å². The van der Waals surface area contributed by atoms with Crippen LogP contribution in [0.2, 0.25) is 0 Å². The molecule has 9 heteroatoms. The molecule has 1 aromatic heterocycles. The van der Waals surface area contributed by atoms with E-state index in [0.717, 1.165) is 41.0 Å². The van der Waals surface area contributed by atoms with Crippen molar-refractivity contribution in [3.63, 3.8) is 0 Å². The Morgan fingerprint density at radius 2 is 1.93 bits per heavy atom. The van der Waals surface area contributed by atoms with E-state index >= 15 is 0 Å². The Kier molecular flexibility index (Phi) is 13.5. The average molecular weight is 573 g/mol. The number of carboxylic acids is 1. The summed E-state index contributed by atoms with van der Waals surface area (Å²) in [6.45, 7) is 2.59. The van der Waals surface area contributed by atoms with Crippen molar-refractivity contribution in [2.75, 3.05) is 18.6 Å². The fourth-order valence-corrected chi connectivity index (χ4v) is 5.97. The van der Waals surface area contributed by atoms with Crippen LogP contribution in [0.25, 0.3) is 11.1 Å². The van der Waals surface area contributed by atoms with Gasteiger partial charge in [-0.3, -0.25) is 4.79 Å². The van der Waals surface area contributed by atoms with Crippen LogP contribution in [-0.2, 0) is 9.53 Å². The fraction of sp³-hybridized carbons (Fsp3) is 0.469. The molecule has 0 aliphatic heterocycles. The number of benzene rings is 2. The van der Waals surface area contributed by atoms with Gasteiger partial charge in [-0.2, -0.15) is 11.8 Å². The van der Waals surface area contributed by atoms with Crippen LogP contribution in [0.4, 0.5) is 0 Å². The predicted octanol–water partition coefficient (Wildman–Crippen LogP) is 6.40. The second kappa shape index (κ2) is 16.8. The molecule has 216 valence electrons. The summed E-state index contributed by atoms with van der Waals surface area (Å²) in [5.74, 6) is 0.578. The molecule has 1 fully saturated rings. The van der Waals surface area contributed by atoms with E-state index in [1.54, 1.807) is 24.0 Å². The van der Waals surface area contributed by atoms with Crippen LogP contribution in [0.1, 0.15) is 84.7 Å². The van der Waals surface area contributed by atoms with E-state index in [1.807, 2.05) is 49.6 Å². The first kappa shape index (κ1) is 33.0. The third-order valence-corrected chi connectivity index (χ3v) is 8.36.